The molecule has 1 N–H and O–H groups in total. The van der Waals surface area contributed by atoms with Crippen LogP contribution in [-0.4, -0.2) is 24.1 Å². The number of ether oxygens (including phenoxy) is 1. The van der Waals surface area contributed by atoms with Gasteiger partial charge in [-0.1, -0.05) is 42.5 Å². The van der Waals surface area contributed by atoms with Crippen LogP contribution < -0.4 is 4.90 Å². The minimum atomic E-state index is -0.687. The van der Waals surface area contributed by atoms with Gasteiger partial charge in [-0.25, -0.2) is 0 Å². The van der Waals surface area contributed by atoms with Gasteiger partial charge < -0.3 is 14.7 Å². The van der Waals surface area contributed by atoms with E-state index in [1.165, 1.54) is 5.56 Å². The average Bonchev–Trinajstić information content (AvgIpc) is 2.86. The zero-order chi connectivity index (χ0) is 18.8. The van der Waals surface area contributed by atoms with E-state index >= 15 is 0 Å². The van der Waals surface area contributed by atoms with Crippen molar-refractivity contribution in [2.75, 3.05) is 11.9 Å². The fourth-order valence-corrected chi connectivity index (χ4v) is 4.83. The summed E-state index contributed by atoms with van der Waals surface area (Å²) in [5, 5.41) is 9.55. The lowest BCUT2D eigenvalue weighted by molar-refractivity contribution is 0.0186. The lowest BCUT2D eigenvalue weighted by Gasteiger charge is -2.46. The maximum atomic E-state index is 9.55. The molecule has 1 spiro atoms. The van der Waals surface area contributed by atoms with Crippen molar-refractivity contribution >= 4 is 11.9 Å². The summed E-state index contributed by atoms with van der Waals surface area (Å²) in [5.74, 6) is 1.44. The Balaban J connectivity index is 1.59. The third kappa shape index (κ3) is 2.05. The number of hydrogen-bond acceptors (Lipinski definition) is 4. The molecule has 0 bridgehead atoms. The highest BCUT2D eigenvalue weighted by Gasteiger charge is 2.59. The molecule has 2 heterocycles. The van der Waals surface area contributed by atoms with Crippen molar-refractivity contribution in [2.45, 2.75) is 31.6 Å². The van der Waals surface area contributed by atoms with Crippen LogP contribution in [0.4, 0.5) is 5.69 Å². The van der Waals surface area contributed by atoms with E-state index in [4.69, 9.17) is 9.73 Å². The van der Waals surface area contributed by atoms with Crippen LogP contribution in [0.2, 0.25) is 0 Å². The van der Waals surface area contributed by atoms with Crippen molar-refractivity contribution in [3.8, 4) is 0 Å². The smallest absolute Gasteiger partial charge is 0.228 e. The molecule has 138 valence electrons. The van der Waals surface area contributed by atoms with Gasteiger partial charge in [-0.15, -0.1) is 0 Å². The predicted octanol–water partition coefficient (Wildman–Crippen LogP) is 3.84. The number of aliphatic hydroxyl groups excluding tert-OH is 1. The number of hydrogen-bond donors (Lipinski definition) is 1. The van der Waals surface area contributed by atoms with Crippen molar-refractivity contribution < 1.29 is 9.84 Å². The summed E-state index contributed by atoms with van der Waals surface area (Å²) in [6.45, 7) is 4.43. The lowest BCUT2D eigenvalue weighted by atomic mass is 9.76. The summed E-state index contributed by atoms with van der Waals surface area (Å²) in [5.41, 5.74) is 3.22. The van der Waals surface area contributed by atoms with Crippen molar-refractivity contribution in [3.63, 3.8) is 0 Å². The Labute approximate surface area is 159 Å². The first kappa shape index (κ1) is 16.6. The molecule has 3 unspecified atom stereocenters. The molecule has 2 aliphatic heterocycles. The van der Waals surface area contributed by atoms with Crippen LogP contribution >= 0.6 is 0 Å². The second-order valence-corrected chi connectivity index (χ2v) is 8.23. The number of rotatable bonds is 1. The third-order valence-corrected chi connectivity index (χ3v) is 6.53. The summed E-state index contributed by atoms with van der Waals surface area (Å²) in [4.78, 5) is 7.10. The summed E-state index contributed by atoms with van der Waals surface area (Å²) in [6, 6.07) is 6.14. The van der Waals surface area contributed by atoms with Crippen LogP contribution in [0.3, 0.4) is 0 Å². The number of nitrogens with zero attached hydrogens (tertiary/aromatic N) is 2. The van der Waals surface area contributed by atoms with Crippen molar-refractivity contribution in [3.05, 3.63) is 77.2 Å². The number of likely N-dealkylation sites (N-methyl/N-ethyl adjacent to an activating group) is 1. The van der Waals surface area contributed by atoms with E-state index in [1.807, 2.05) is 25.4 Å². The quantitative estimate of drug-likeness (QED) is 0.827. The SMILES string of the molecule is CN1c2cc(CO)ccc2C(C)(C)C12C=NC1=C(C=CC3C=CC=CC13)O2. The molecule has 0 saturated heterocycles. The molecule has 1 aromatic carbocycles. The number of allylic oxidation sites excluding steroid dienone is 6. The van der Waals surface area contributed by atoms with E-state index in [-0.39, 0.29) is 17.9 Å². The number of aliphatic hydroxyl groups is 1. The van der Waals surface area contributed by atoms with E-state index in [9.17, 15) is 5.11 Å². The van der Waals surface area contributed by atoms with Crippen molar-refractivity contribution in [1.82, 2.24) is 0 Å². The number of fused-ring (bicyclic) bond motifs is 3. The second-order valence-electron chi connectivity index (χ2n) is 8.23. The molecule has 0 aromatic heterocycles. The van der Waals surface area contributed by atoms with Gasteiger partial charge in [-0.3, -0.25) is 4.99 Å². The molecule has 0 saturated carbocycles. The van der Waals surface area contributed by atoms with Crippen molar-refractivity contribution in [2.24, 2.45) is 16.8 Å². The van der Waals surface area contributed by atoms with E-state index in [1.54, 1.807) is 0 Å². The molecule has 27 heavy (non-hydrogen) atoms. The minimum absolute atomic E-state index is 0.0322. The average molecular weight is 360 g/mol. The van der Waals surface area contributed by atoms with Gasteiger partial charge in [0.05, 0.1) is 23.9 Å². The first-order valence-corrected chi connectivity index (χ1v) is 9.47. The van der Waals surface area contributed by atoms with Crippen LogP contribution in [0.25, 0.3) is 0 Å². The van der Waals surface area contributed by atoms with E-state index in [2.05, 4.69) is 61.3 Å². The molecular weight excluding hydrogens is 336 g/mol. The van der Waals surface area contributed by atoms with E-state index < -0.39 is 5.72 Å². The molecule has 5 rings (SSSR count). The van der Waals surface area contributed by atoms with Crippen LogP contribution in [0.1, 0.15) is 25.0 Å². The Kier molecular flexibility index (Phi) is 3.35. The second kappa shape index (κ2) is 5.46. The highest BCUT2D eigenvalue weighted by molar-refractivity contribution is 5.85. The van der Waals surface area contributed by atoms with Crippen molar-refractivity contribution in [1.29, 1.82) is 0 Å². The zero-order valence-corrected chi connectivity index (χ0v) is 15.9. The maximum Gasteiger partial charge on any atom is 0.228 e. The fraction of sp³-hybridized carbons (Fsp3) is 0.348. The highest BCUT2D eigenvalue weighted by atomic mass is 16.5. The van der Waals surface area contributed by atoms with Crippen LogP contribution in [-0.2, 0) is 16.8 Å². The molecule has 4 heteroatoms. The van der Waals surface area contributed by atoms with Gasteiger partial charge in [0, 0.05) is 24.6 Å². The van der Waals surface area contributed by atoms with Crippen LogP contribution in [0, 0.1) is 11.8 Å². The van der Waals surface area contributed by atoms with Crippen LogP contribution in [0.5, 0.6) is 0 Å². The lowest BCUT2D eigenvalue weighted by Crippen LogP contribution is -2.58. The van der Waals surface area contributed by atoms with E-state index in [0.29, 0.717) is 5.92 Å². The maximum absolute atomic E-state index is 9.55. The van der Waals surface area contributed by atoms with Gasteiger partial charge in [-0.05, 0) is 37.1 Å². The van der Waals surface area contributed by atoms with Gasteiger partial charge in [0.1, 0.15) is 5.76 Å². The van der Waals surface area contributed by atoms with Gasteiger partial charge >= 0.3 is 0 Å². The Hall–Kier alpha value is -2.59. The Bertz CT molecular complexity index is 967. The van der Waals surface area contributed by atoms with Crippen LogP contribution in [0.15, 0.2) is 71.1 Å². The largest absolute Gasteiger partial charge is 0.460 e. The van der Waals surface area contributed by atoms with Gasteiger partial charge in [0.25, 0.3) is 0 Å². The molecule has 0 fully saturated rings. The Morgan fingerprint density at radius 2 is 2.00 bits per heavy atom. The van der Waals surface area contributed by atoms with E-state index in [0.717, 1.165) is 22.7 Å². The molecule has 0 radical (unpaired) electrons. The number of anilines is 1. The first-order chi connectivity index (χ1) is 13.0. The zero-order valence-electron chi connectivity index (χ0n) is 15.9. The summed E-state index contributed by atoms with van der Waals surface area (Å²) >= 11 is 0. The summed E-state index contributed by atoms with van der Waals surface area (Å²) in [7, 11) is 2.05. The molecule has 4 aliphatic rings. The molecule has 3 atom stereocenters. The van der Waals surface area contributed by atoms with Gasteiger partial charge in [-0.2, -0.15) is 0 Å². The third-order valence-electron chi connectivity index (χ3n) is 6.53. The Morgan fingerprint density at radius 1 is 1.19 bits per heavy atom. The fourth-order valence-electron chi connectivity index (χ4n) is 4.83. The summed E-state index contributed by atoms with van der Waals surface area (Å²) < 4.78 is 6.72. The monoisotopic (exact) mass is 360 g/mol. The molecule has 2 aliphatic carbocycles. The minimum Gasteiger partial charge on any atom is -0.460 e. The normalized spacial score (nSPS) is 31.8. The number of benzene rings is 1. The van der Waals surface area contributed by atoms with Gasteiger partial charge in [0.15, 0.2) is 0 Å². The highest BCUT2D eigenvalue weighted by Crippen LogP contribution is 2.54. The first-order valence-electron chi connectivity index (χ1n) is 9.47. The molecule has 4 nitrogen and oxygen atoms in total. The van der Waals surface area contributed by atoms with Gasteiger partial charge in [0.2, 0.25) is 5.72 Å². The summed E-state index contributed by atoms with van der Waals surface area (Å²) in [6.07, 6.45) is 14.8. The standard InChI is InChI=1S/C23H24N2O2/c1-22(2)18-10-8-15(13-26)12-19(18)25(3)23(22)14-24-21-17-7-5-4-6-16(17)9-11-20(21)27-23/h4-12,14,16-17,26H,13H2,1-3H3. The topological polar surface area (TPSA) is 45.1 Å². The predicted molar refractivity (Wildman–Crippen MR) is 108 cm³/mol. The molecule has 0 amide bonds. The molecular formula is C23H24N2O2. The number of aliphatic imine (C=N–C) groups is 1. The molecule has 1 aromatic rings. The Morgan fingerprint density at radius 3 is 2.81 bits per heavy atom.